The molecule has 0 radical (unpaired) electrons. The summed E-state index contributed by atoms with van der Waals surface area (Å²) in [6, 6.07) is 19.0. The second kappa shape index (κ2) is 8.62. The molecule has 0 saturated heterocycles. The van der Waals surface area contributed by atoms with Gasteiger partial charge in [0.1, 0.15) is 5.82 Å². The van der Waals surface area contributed by atoms with Gasteiger partial charge < -0.3 is 0 Å². The second-order valence-electron chi connectivity index (χ2n) is 5.47. The molecule has 0 spiro atoms. The predicted octanol–water partition coefficient (Wildman–Crippen LogP) is 5.12. The first-order valence-corrected chi connectivity index (χ1v) is 8.78. The summed E-state index contributed by atoms with van der Waals surface area (Å²) in [4.78, 5) is 5.20. The number of benzene rings is 2. The van der Waals surface area contributed by atoms with Gasteiger partial charge in [0.15, 0.2) is 0 Å². The molecule has 0 bridgehead atoms. The highest BCUT2D eigenvalue weighted by Gasteiger charge is 2.03. The predicted molar refractivity (Wildman–Crippen MR) is 98.3 cm³/mol. The minimum atomic E-state index is -0.179. The van der Waals surface area contributed by atoms with Crippen LogP contribution < -0.4 is 4.72 Å². The van der Waals surface area contributed by atoms with Crippen molar-refractivity contribution in [3.63, 3.8) is 0 Å². The van der Waals surface area contributed by atoms with Gasteiger partial charge >= 0.3 is 0 Å². The molecule has 3 aromatic rings. The van der Waals surface area contributed by atoms with E-state index in [1.165, 1.54) is 11.6 Å². The van der Waals surface area contributed by atoms with Crippen molar-refractivity contribution in [3.8, 4) is 11.1 Å². The van der Waals surface area contributed by atoms with Gasteiger partial charge in [0.05, 0.1) is 0 Å². The van der Waals surface area contributed by atoms with E-state index < -0.39 is 0 Å². The Bertz CT molecular complexity index is 760. The number of pyridine rings is 1. The van der Waals surface area contributed by atoms with Gasteiger partial charge in [-0.25, -0.2) is 4.39 Å². The minimum Gasteiger partial charge on any atom is -0.264 e. The Hall–Kier alpha value is -2.17. The summed E-state index contributed by atoms with van der Waals surface area (Å²) in [5.74, 6) is -0.179. The molecular formula is C20H19FN2S. The van der Waals surface area contributed by atoms with Crippen LogP contribution in [0.15, 0.2) is 78.0 Å². The highest BCUT2D eigenvalue weighted by molar-refractivity contribution is 7.97. The largest absolute Gasteiger partial charge is 0.264 e. The molecule has 0 aliphatic carbocycles. The zero-order chi connectivity index (χ0) is 16.6. The van der Waals surface area contributed by atoms with Crippen molar-refractivity contribution in [1.82, 2.24) is 9.71 Å². The molecule has 24 heavy (non-hydrogen) atoms. The van der Waals surface area contributed by atoms with E-state index in [1.54, 1.807) is 24.2 Å². The zero-order valence-electron chi connectivity index (χ0n) is 13.3. The molecule has 2 nitrogen and oxygen atoms in total. The third kappa shape index (κ3) is 4.66. The third-order valence-electron chi connectivity index (χ3n) is 3.71. The summed E-state index contributed by atoms with van der Waals surface area (Å²) in [6.07, 6.45) is 5.67. The Morgan fingerprint density at radius 3 is 2.54 bits per heavy atom. The fourth-order valence-corrected chi connectivity index (χ4v) is 3.13. The van der Waals surface area contributed by atoms with Crippen LogP contribution in [0.1, 0.15) is 12.0 Å². The maximum Gasteiger partial charge on any atom is 0.131 e. The Morgan fingerprint density at radius 2 is 1.79 bits per heavy atom. The van der Waals surface area contributed by atoms with E-state index in [9.17, 15) is 4.39 Å². The van der Waals surface area contributed by atoms with E-state index in [2.05, 4.69) is 21.8 Å². The van der Waals surface area contributed by atoms with Crippen molar-refractivity contribution in [1.29, 1.82) is 0 Å². The van der Waals surface area contributed by atoms with Crippen LogP contribution in [-0.4, -0.2) is 11.5 Å². The molecule has 0 fully saturated rings. The Balaban J connectivity index is 1.46. The fourth-order valence-electron chi connectivity index (χ4n) is 2.45. The summed E-state index contributed by atoms with van der Waals surface area (Å²) in [7, 11) is 0. The number of hydrogen-bond acceptors (Lipinski definition) is 3. The van der Waals surface area contributed by atoms with E-state index in [-0.39, 0.29) is 5.82 Å². The van der Waals surface area contributed by atoms with Crippen molar-refractivity contribution in [3.05, 3.63) is 84.4 Å². The van der Waals surface area contributed by atoms with Crippen LogP contribution in [0.5, 0.6) is 0 Å². The summed E-state index contributed by atoms with van der Waals surface area (Å²) >= 11 is 1.60. The maximum atomic E-state index is 13.8. The molecule has 1 N–H and O–H groups in total. The lowest BCUT2D eigenvalue weighted by molar-refractivity contribution is 0.631. The van der Waals surface area contributed by atoms with Crippen LogP contribution in [0.4, 0.5) is 4.39 Å². The average Bonchev–Trinajstić information content (AvgIpc) is 2.63. The van der Waals surface area contributed by atoms with E-state index >= 15 is 0 Å². The molecule has 2 aromatic carbocycles. The normalized spacial score (nSPS) is 10.7. The molecule has 0 aliphatic rings. The summed E-state index contributed by atoms with van der Waals surface area (Å²) in [5.41, 5.74) is 2.84. The number of nitrogens with one attached hydrogen (secondary N) is 1. The molecule has 0 aliphatic heterocycles. The number of rotatable bonds is 7. The SMILES string of the molecule is Fc1ccccc1-c1ccc(CCCNSc2cccnc2)cc1. The van der Waals surface area contributed by atoms with Gasteiger partial charge in [-0.3, -0.25) is 9.71 Å². The molecule has 0 amide bonds. The monoisotopic (exact) mass is 338 g/mol. The van der Waals surface area contributed by atoms with Crippen molar-refractivity contribution >= 4 is 11.9 Å². The van der Waals surface area contributed by atoms with Gasteiger partial charge in [-0.2, -0.15) is 0 Å². The molecule has 0 unspecified atom stereocenters. The van der Waals surface area contributed by atoms with Crippen molar-refractivity contribution < 1.29 is 4.39 Å². The van der Waals surface area contributed by atoms with Crippen LogP contribution in [0.3, 0.4) is 0 Å². The number of halogens is 1. The van der Waals surface area contributed by atoms with Gasteiger partial charge in [-0.05, 0) is 54.1 Å². The minimum absolute atomic E-state index is 0.179. The van der Waals surface area contributed by atoms with Crippen LogP contribution in [0, 0.1) is 5.82 Å². The maximum absolute atomic E-state index is 13.8. The number of hydrogen-bond donors (Lipinski definition) is 1. The quantitative estimate of drug-likeness (QED) is 0.478. The van der Waals surface area contributed by atoms with Crippen molar-refractivity contribution in [2.24, 2.45) is 0 Å². The molecule has 3 rings (SSSR count). The molecule has 0 atom stereocenters. The van der Waals surface area contributed by atoms with E-state index in [0.29, 0.717) is 5.56 Å². The smallest absolute Gasteiger partial charge is 0.131 e. The standard InChI is InChI=1S/C20H19FN2S/c21-20-8-2-1-7-19(20)17-11-9-16(10-12-17)5-3-14-23-24-18-6-4-13-22-15-18/h1-2,4,6-13,15,23H,3,5,14H2. The Morgan fingerprint density at radius 1 is 0.958 bits per heavy atom. The molecule has 4 heteroatoms. The Kier molecular flexibility index (Phi) is 5.99. The lowest BCUT2D eigenvalue weighted by Crippen LogP contribution is -2.06. The van der Waals surface area contributed by atoms with Crippen molar-refractivity contribution in [2.75, 3.05) is 6.54 Å². The highest BCUT2D eigenvalue weighted by atomic mass is 32.2. The fraction of sp³-hybridized carbons (Fsp3) is 0.150. The second-order valence-corrected chi connectivity index (χ2v) is 6.43. The van der Waals surface area contributed by atoms with Gasteiger partial charge in [0.2, 0.25) is 0 Å². The van der Waals surface area contributed by atoms with E-state index in [1.807, 2.05) is 42.6 Å². The molecule has 0 saturated carbocycles. The lowest BCUT2D eigenvalue weighted by Gasteiger charge is -2.06. The molecule has 1 aromatic heterocycles. The average molecular weight is 338 g/mol. The molecule has 122 valence electrons. The topological polar surface area (TPSA) is 24.9 Å². The summed E-state index contributed by atoms with van der Waals surface area (Å²) < 4.78 is 17.1. The lowest BCUT2D eigenvalue weighted by atomic mass is 10.0. The van der Waals surface area contributed by atoms with Gasteiger partial charge in [0, 0.05) is 29.4 Å². The highest BCUT2D eigenvalue weighted by Crippen LogP contribution is 2.23. The van der Waals surface area contributed by atoms with Crippen LogP contribution in [-0.2, 0) is 6.42 Å². The van der Waals surface area contributed by atoms with Gasteiger partial charge in [0.25, 0.3) is 0 Å². The molecule has 1 heterocycles. The first-order valence-electron chi connectivity index (χ1n) is 7.96. The number of nitrogens with zero attached hydrogens (tertiary/aromatic N) is 1. The summed E-state index contributed by atoms with van der Waals surface area (Å²) in [5, 5.41) is 0. The van der Waals surface area contributed by atoms with Gasteiger partial charge in [-0.1, -0.05) is 42.5 Å². The first-order chi connectivity index (χ1) is 11.8. The van der Waals surface area contributed by atoms with Gasteiger partial charge in [-0.15, -0.1) is 0 Å². The molecular weight excluding hydrogens is 319 g/mol. The first kappa shape index (κ1) is 16.7. The van der Waals surface area contributed by atoms with Crippen molar-refractivity contribution in [2.45, 2.75) is 17.7 Å². The third-order valence-corrected chi connectivity index (χ3v) is 4.53. The summed E-state index contributed by atoms with van der Waals surface area (Å²) in [6.45, 7) is 0.925. The van der Waals surface area contributed by atoms with E-state index in [0.717, 1.165) is 29.8 Å². The van der Waals surface area contributed by atoms with Crippen LogP contribution >= 0.6 is 11.9 Å². The van der Waals surface area contributed by atoms with Crippen LogP contribution in [0.25, 0.3) is 11.1 Å². The number of aromatic nitrogens is 1. The Labute approximate surface area is 146 Å². The van der Waals surface area contributed by atoms with Crippen LogP contribution in [0.2, 0.25) is 0 Å². The zero-order valence-corrected chi connectivity index (χ0v) is 14.1. The number of aryl methyl sites for hydroxylation is 1. The van der Waals surface area contributed by atoms with E-state index in [4.69, 9.17) is 0 Å².